The lowest BCUT2D eigenvalue weighted by atomic mass is 10.1. The summed E-state index contributed by atoms with van der Waals surface area (Å²) in [5.74, 6) is -0.282. The van der Waals surface area contributed by atoms with Crippen molar-refractivity contribution in [2.75, 3.05) is 5.32 Å². The first kappa shape index (κ1) is 19.6. The number of pyridine rings is 1. The topological polar surface area (TPSA) is 68.9 Å². The van der Waals surface area contributed by atoms with Gasteiger partial charge in [0.05, 0.1) is 16.8 Å². The Balaban J connectivity index is 1.83. The van der Waals surface area contributed by atoms with Gasteiger partial charge in [0.15, 0.2) is 0 Å². The molecule has 0 unspecified atom stereocenters. The van der Waals surface area contributed by atoms with Crippen LogP contribution in [0.5, 0.6) is 0 Å². The van der Waals surface area contributed by atoms with E-state index in [0.29, 0.717) is 29.1 Å². The SMILES string of the molecule is CCCn1cc(C(=O)Nc2ccc(C)cc2C)c2nn(-c3ccccc3)c(=O)c-2c1. The molecule has 0 aromatic heterocycles. The molecule has 30 heavy (non-hydrogen) atoms. The minimum absolute atomic E-state index is 0.234. The molecule has 2 heterocycles. The molecule has 152 valence electrons. The fraction of sp³-hybridized carbons (Fsp3) is 0.208. The van der Waals surface area contributed by atoms with Crippen LogP contribution in [0.1, 0.15) is 34.8 Å². The minimum atomic E-state index is -0.282. The monoisotopic (exact) mass is 400 g/mol. The molecule has 2 aliphatic heterocycles. The van der Waals surface area contributed by atoms with Gasteiger partial charge in [0.1, 0.15) is 5.69 Å². The molecule has 4 rings (SSSR count). The number of nitrogens with one attached hydrogen (secondary N) is 1. The molecule has 0 fully saturated rings. The second kappa shape index (κ2) is 7.99. The molecule has 0 aliphatic carbocycles. The summed E-state index contributed by atoms with van der Waals surface area (Å²) in [6, 6.07) is 15.1. The van der Waals surface area contributed by atoms with Crippen molar-refractivity contribution in [1.29, 1.82) is 0 Å². The van der Waals surface area contributed by atoms with E-state index in [0.717, 1.165) is 23.2 Å². The molecular formula is C24H24N4O2. The Morgan fingerprint density at radius 2 is 1.83 bits per heavy atom. The summed E-state index contributed by atoms with van der Waals surface area (Å²) in [4.78, 5) is 26.3. The van der Waals surface area contributed by atoms with Gasteiger partial charge in [0.25, 0.3) is 11.5 Å². The normalized spacial score (nSPS) is 11.0. The van der Waals surface area contributed by atoms with E-state index in [1.807, 2.05) is 66.9 Å². The Bertz CT molecular complexity index is 1240. The van der Waals surface area contributed by atoms with E-state index in [-0.39, 0.29) is 11.5 Å². The van der Waals surface area contributed by atoms with Gasteiger partial charge in [-0.05, 0) is 44.0 Å². The zero-order valence-corrected chi connectivity index (χ0v) is 17.3. The van der Waals surface area contributed by atoms with Crippen LogP contribution < -0.4 is 10.9 Å². The van der Waals surface area contributed by atoms with Crippen molar-refractivity contribution in [1.82, 2.24) is 14.3 Å². The first-order chi connectivity index (χ1) is 14.5. The summed E-state index contributed by atoms with van der Waals surface area (Å²) in [7, 11) is 0. The van der Waals surface area contributed by atoms with Crippen LogP contribution in [0.15, 0.2) is 65.7 Å². The van der Waals surface area contributed by atoms with Crippen LogP contribution in [0.2, 0.25) is 0 Å². The fourth-order valence-electron chi connectivity index (χ4n) is 3.60. The Morgan fingerprint density at radius 1 is 1.07 bits per heavy atom. The molecule has 2 aliphatic rings. The zero-order valence-electron chi connectivity index (χ0n) is 17.3. The van der Waals surface area contributed by atoms with Crippen LogP contribution in [0.25, 0.3) is 16.9 Å². The number of anilines is 1. The molecule has 1 amide bonds. The molecule has 0 spiro atoms. The maximum absolute atomic E-state index is 13.2. The number of rotatable bonds is 5. The third-order valence-electron chi connectivity index (χ3n) is 5.08. The molecule has 0 atom stereocenters. The van der Waals surface area contributed by atoms with Gasteiger partial charge < -0.3 is 9.88 Å². The summed E-state index contributed by atoms with van der Waals surface area (Å²) < 4.78 is 3.24. The summed E-state index contributed by atoms with van der Waals surface area (Å²) in [6.45, 7) is 6.73. The summed E-state index contributed by atoms with van der Waals surface area (Å²) >= 11 is 0. The van der Waals surface area contributed by atoms with E-state index in [1.165, 1.54) is 4.68 Å². The highest BCUT2D eigenvalue weighted by atomic mass is 16.2. The van der Waals surface area contributed by atoms with Crippen LogP contribution in [0.3, 0.4) is 0 Å². The third-order valence-corrected chi connectivity index (χ3v) is 5.08. The summed E-state index contributed by atoms with van der Waals surface area (Å²) in [5.41, 5.74) is 4.51. The highest BCUT2D eigenvalue weighted by molar-refractivity contribution is 6.08. The van der Waals surface area contributed by atoms with Crippen molar-refractivity contribution < 1.29 is 4.79 Å². The highest BCUT2D eigenvalue weighted by Gasteiger charge is 2.24. The van der Waals surface area contributed by atoms with Crippen LogP contribution >= 0.6 is 0 Å². The molecule has 0 saturated heterocycles. The number of amides is 1. The molecule has 2 aromatic rings. The van der Waals surface area contributed by atoms with E-state index >= 15 is 0 Å². The van der Waals surface area contributed by atoms with Gasteiger partial charge in [-0.2, -0.15) is 9.78 Å². The quantitative estimate of drug-likeness (QED) is 0.539. The first-order valence-electron chi connectivity index (χ1n) is 10.0. The number of carbonyl (C=O) groups excluding carboxylic acids is 1. The summed E-state index contributed by atoms with van der Waals surface area (Å²) in [6.07, 6.45) is 4.43. The van der Waals surface area contributed by atoms with E-state index in [2.05, 4.69) is 17.3 Å². The van der Waals surface area contributed by atoms with Crippen molar-refractivity contribution in [3.63, 3.8) is 0 Å². The Morgan fingerprint density at radius 3 is 2.53 bits per heavy atom. The minimum Gasteiger partial charge on any atom is -0.353 e. The van der Waals surface area contributed by atoms with Crippen LogP contribution in [-0.2, 0) is 6.54 Å². The van der Waals surface area contributed by atoms with E-state index in [4.69, 9.17) is 0 Å². The number of hydrogen-bond acceptors (Lipinski definition) is 3. The molecule has 0 radical (unpaired) electrons. The van der Waals surface area contributed by atoms with Gasteiger partial charge in [0, 0.05) is 24.6 Å². The number of carbonyl (C=O) groups is 1. The largest absolute Gasteiger partial charge is 0.353 e. The predicted molar refractivity (Wildman–Crippen MR) is 119 cm³/mol. The maximum atomic E-state index is 13.2. The molecule has 0 saturated carbocycles. The standard InChI is InChI=1S/C24H24N4O2/c1-4-12-27-14-19(23(29)25-21-11-10-16(2)13-17(21)3)22-20(15-27)24(30)28(26-22)18-8-6-5-7-9-18/h5-11,13-15H,4,12H2,1-3H3,(H,25,29). The number of nitrogens with zero attached hydrogens (tertiary/aromatic N) is 3. The second-order valence-electron chi connectivity index (χ2n) is 7.50. The second-order valence-corrected chi connectivity index (χ2v) is 7.50. The molecule has 1 N–H and O–H groups in total. The predicted octanol–water partition coefficient (Wildman–Crippen LogP) is 4.42. The number of hydrogen-bond donors (Lipinski definition) is 1. The summed E-state index contributed by atoms with van der Waals surface area (Å²) in [5, 5.41) is 7.49. The number of benzene rings is 2. The van der Waals surface area contributed by atoms with Crippen molar-refractivity contribution in [2.24, 2.45) is 0 Å². The van der Waals surface area contributed by atoms with E-state index in [1.54, 1.807) is 12.4 Å². The molecule has 6 heteroatoms. The lowest BCUT2D eigenvalue weighted by Crippen LogP contribution is -2.18. The molecular weight excluding hydrogens is 376 g/mol. The van der Waals surface area contributed by atoms with E-state index in [9.17, 15) is 9.59 Å². The van der Waals surface area contributed by atoms with E-state index < -0.39 is 0 Å². The van der Waals surface area contributed by atoms with Crippen molar-refractivity contribution in [2.45, 2.75) is 33.7 Å². The lowest BCUT2D eigenvalue weighted by molar-refractivity contribution is 0.102. The Labute approximate surface area is 175 Å². The average Bonchev–Trinajstić information content (AvgIpc) is 3.07. The third kappa shape index (κ3) is 3.64. The number of aromatic nitrogens is 3. The fourth-order valence-corrected chi connectivity index (χ4v) is 3.60. The Kier molecular flexibility index (Phi) is 5.23. The number of fused-ring (bicyclic) bond motifs is 1. The van der Waals surface area contributed by atoms with Gasteiger partial charge in [-0.1, -0.05) is 42.8 Å². The lowest BCUT2D eigenvalue weighted by Gasteiger charge is -2.13. The van der Waals surface area contributed by atoms with Gasteiger partial charge in [-0.25, -0.2) is 0 Å². The maximum Gasteiger partial charge on any atom is 0.282 e. The molecule has 2 aromatic carbocycles. The van der Waals surface area contributed by atoms with Crippen molar-refractivity contribution in [3.8, 4) is 16.9 Å². The number of para-hydroxylation sites is 1. The van der Waals surface area contributed by atoms with Gasteiger partial charge in [0.2, 0.25) is 0 Å². The van der Waals surface area contributed by atoms with Crippen LogP contribution in [-0.4, -0.2) is 20.3 Å². The highest BCUT2D eigenvalue weighted by Crippen LogP contribution is 2.24. The Hall–Kier alpha value is -3.67. The smallest absolute Gasteiger partial charge is 0.282 e. The van der Waals surface area contributed by atoms with Crippen molar-refractivity contribution >= 4 is 11.6 Å². The van der Waals surface area contributed by atoms with Gasteiger partial charge in [-0.3, -0.25) is 9.59 Å². The van der Waals surface area contributed by atoms with Gasteiger partial charge in [-0.15, -0.1) is 0 Å². The first-order valence-corrected chi connectivity index (χ1v) is 10.0. The van der Waals surface area contributed by atoms with Crippen LogP contribution in [0.4, 0.5) is 5.69 Å². The average molecular weight is 400 g/mol. The van der Waals surface area contributed by atoms with Crippen LogP contribution in [0, 0.1) is 13.8 Å². The molecule has 6 nitrogen and oxygen atoms in total. The van der Waals surface area contributed by atoms with Crippen molar-refractivity contribution in [3.05, 3.63) is 88.0 Å². The molecule has 0 bridgehead atoms. The zero-order chi connectivity index (χ0) is 21.3. The number of aryl methyl sites for hydroxylation is 3. The van der Waals surface area contributed by atoms with Gasteiger partial charge >= 0.3 is 0 Å².